The third-order valence-corrected chi connectivity index (χ3v) is 5.59. The molecule has 0 saturated carbocycles. The average Bonchev–Trinajstić information content (AvgIpc) is 3.02. The Balaban J connectivity index is 2.17. The third-order valence-electron chi connectivity index (χ3n) is 4.54. The predicted molar refractivity (Wildman–Crippen MR) is 104 cm³/mol. The molecule has 26 heavy (non-hydrogen) atoms. The van der Waals surface area contributed by atoms with E-state index in [0.717, 1.165) is 4.88 Å². The number of ether oxygens (including phenoxy) is 1. The fraction of sp³-hybridized carbons (Fsp3) is 0.556. The van der Waals surface area contributed by atoms with Crippen molar-refractivity contribution in [1.29, 1.82) is 0 Å². The maximum Gasteiger partial charge on any atom is 0.329 e. The van der Waals surface area contributed by atoms with E-state index in [2.05, 4.69) is 9.88 Å². The zero-order chi connectivity index (χ0) is 18.8. The standard InChI is InChI=1S/C18H26N4O3S/c1-11(2)10-22-16(19)14(17(23)20-18(22)24)15(13-5-4-12(3)26-13)21-6-8-25-9-7-21/h4-5,11,15H,6-10,19H2,1-3H3,(H,20,23,24). The first-order chi connectivity index (χ1) is 12.4. The lowest BCUT2D eigenvalue weighted by Gasteiger charge is -2.34. The first-order valence-corrected chi connectivity index (χ1v) is 9.70. The molecule has 1 saturated heterocycles. The van der Waals surface area contributed by atoms with Crippen molar-refractivity contribution in [3.63, 3.8) is 0 Å². The fourth-order valence-corrected chi connectivity index (χ4v) is 4.38. The number of H-pyrrole nitrogens is 1. The highest BCUT2D eigenvalue weighted by Gasteiger charge is 2.31. The summed E-state index contributed by atoms with van der Waals surface area (Å²) in [5.41, 5.74) is 5.97. The van der Waals surface area contributed by atoms with Crippen LogP contribution in [0.3, 0.4) is 0 Å². The van der Waals surface area contributed by atoms with Crippen LogP contribution >= 0.6 is 11.3 Å². The maximum atomic E-state index is 12.8. The highest BCUT2D eigenvalue weighted by atomic mass is 32.1. The summed E-state index contributed by atoms with van der Waals surface area (Å²) in [5, 5.41) is 0. The highest BCUT2D eigenvalue weighted by Crippen LogP contribution is 2.34. The van der Waals surface area contributed by atoms with Crippen molar-refractivity contribution in [2.24, 2.45) is 5.92 Å². The largest absolute Gasteiger partial charge is 0.385 e. The Morgan fingerprint density at radius 2 is 1.96 bits per heavy atom. The second-order valence-electron chi connectivity index (χ2n) is 7.06. The minimum Gasteiger partial charge on any atom is -0.385 e. The summed E-state index contributed by atoms with van der Waals surface area (Å²) in [4.78, 5) is 31.9. The van der Waals surface area contributed by atoms with Gasteiger partial charge in [0.1, 0.15) is 5.82 Å². The summed E-state index contributed by atoms with van der Waals surface area (Å²) in [5.74, 6) is 0.495. The van der Waals surface area contributed by atoms with Crippen molar-refractivity contribution < 1.29 is 4.74 Å². The highest BCUT2D eigenvalue weighted by molar-refractivity contribution is 7.12. The lowest BCUT2D eigenvalue weighted by atomic mass is 10.0. The summed E-state index contributed by atoms with van der Waals surface area (Å²) in [7, 11) is 0. The number of thiophene rings is 1. The van der Waals surface area contributed by atoms with Gasteiger partial charge in [0.25, 0.3) is 5.56 Å². The number of aromatic nitrogens is 2. The van der Waals surface area contributed by atoms with E-state index >= 15 is 0 Å². The summed E-state index contributed by atoms with van der Waals surface area (Å²) >= 11 is 1.65. The lowest BCUT2D eigenvalue weighted by Crippen LogP contribution is -2.44. The third kappa shape index (κ3) is 3.77. The Kier molecular flexibility index (Phi) is 5.64. The van der Waals surface area contributed by atoms with Crippen LogP contribution in [0.15, 0.2) is 21.7 Å². The minimum atomic E-state index is -0.451. The molecule has 1 fully saturated rings. The summed E-state index contributed by atoms with van der Waals surface area (Å²) < 4.78 is 6.95. The smallest absolute Gasteiger partial charge is 0.329 e. The number of aryl methyl sites for hydroxylation is 1. The van der Waals surface area contributed by atoms with Gasteiger partial charge in [-0.1, -0.05) is 13.8 Å². The van der Waals surface area contributed by atoms with Crippen LogP contribution in [-0.4, -0.2) is 40.8 Å². The predicted octanol–water partition coefficient (Wildman–Crippen LogP) is 1.57. The van der Waals surface area contributed by atoms with Crippen LogP contribution in [0, 0.1) is 12.8 Å². The molecule has 1 aliphatic rings. The van der Waals surface area contributed by atoms with E-state index in [4.69, 9.17) is 10.5 Å². The molecule has 1 atom stereocenters. The molecule has 1 aliphatic heterocycles. The Morgan fingerprint density at radius 3 is 2.54 bits per heavy atom. The van der Waals surface area contributed by atoms with Gasteiger partial charge in [-0.15, -0.1) is 11.3 Å². The topological polar surface area (TPSA) is 93.3 Å². The molecular formula is C18H26N4O3S. The van der Waals surface area contributed by atoms with Crippen LogP contribution in [0.2, 0.25) is 0 Å². The number of morpholine rings is 1. The molecule has 7 nitrogen and oxygen atoms in total. The normalized spacial score (nSPS) is 16.9. The van der Waals surface area contributed by atoms with Gasteiger partial charge in [0.15, 0.2) is 0 Å². The Morgan fingerprint density at radius 1 is 1.27 bits per heavy atom. The number of nitrogen functional groups attached to an aromatic ring is 1. The minimum absolute atomic E-state index is 0.236. The fourth-order valence-electron chi connectivity index (χ4n) is 3.35. The number of anilines is 1. The lowest BCUT2D eigenvalue weighted by molar-refractivity contribution is 0.0243. The quantitative estimate of drug-likeness (QED) is 0.824. The molecule has 0 aliphatic carbocycles. The molecule has 0 spiro atoms. The number of aromatic amines is 1. The second-order valence-corrected chi connectivity index (χ2v) is 8.38. The molecule has 0 radical (unpaired) electrons. The zero-order valence-corrected chi connectivity index (χ0v) is 16.3. The van der Waals surface area contributed by atoms with Gasteiger partial charge in [0.2, 0.25) is 0 Å². The Bertz CT molecular complexity index is 877. The summed E-state index contributed by atoms with van der Waals surface area (Å²) in [6, 6.07) is 3.80. The molecule has 142 valence electrons. The Hall–Kier alpha value is -1.90. The maximum absolute atomic E-state index is 12.8. The Labute approximate surface area is 156 Å². The van der Waals surface area contributed by atoms with Gasteiger partial charge in [0, 0.05) is 29.4 Å². The van der Waals surface area contributed by atoms with E-state index < -0.39 is 11.2 Å². The molecule has 2 aromatic heterocycles. The number of nitrogens with two attached hydrogens (primary N) is 1. The van der Waals surface area contributed by atoms with Crippen molar-refractivity contribution >= 4 is 17.2 Å². The van der Waals surface area contributed by atoms with E-state index in [1.54, 1.807) is 11.3 Å². The van der Waals surface area contributed by atoms with Crippen molar-refractivity contribution in [1.82, 2.24) is 14.5 Å². The molecule has 3 N–H and O–H groups in total. The van der Waals surface area contributed by atoms with Gasteiger partial charge in [-0.25, -0.2) is 4.79 Å². The van der Waals surface area contributed by atoms with Crippen LogP contribution in [0.1, 0.15) is 35.2 Å². The molecule has 2 aromatic rings. The van der Waals surface area contributed by atoms with E-state index in [1.807, 2.05) is 32.9 Å². The zero-order valence-electron chi connectivity index (χ0n) is 15.4. The first-order valence-electron chi connectivity index (χ1n) is 8.89. The van der Waals surface area contributed by atoms with Crippen molar-refractivity contribution in [2.75, 3.05) is 32.0 Å². The van der Waals surface area contributed by atoms with E-state index in [1.165, 1.54) is 9.44 Å². The molecule has 0 bridgehead atoms. The number of hydrogen-bond acceptors (Lipinski definition) is 6. The second kappa shape index (κ2) is 7.77. The SMILES string of the molecule is Cc1ccc(C(c2c(N)n(CC(C)C)c(=O)[nH]c2=O)N2CCOCC2)s1. The molecule has 3 heterocycles. The van der Waals surface area contributed by atoms with Crippen LogP contribution in [0.5, 0.6) is 0 Å². The van der Waals surface area contributed by atoms with Crippen molar-refractivity contribution in [3.05, 3.63) is 48.3 Å². The van der Waals surface area contributed by atoms with Gasteiger partial charge in [-0.2, -0.15) is 0 Å². The monoisotopic (exact) mass is 378 g/mol. The van der Waals surface area contributed by atoms with E-state index in [0.29, 0.717) is 38.4 Å². The number of nitrogens with zero attached hydrogens (tertiary/aromatic N) is 2. The number of rotatable bonds is 5. The molecule has 0 amide bonds. The van der Waals surface area contributed by atoms with Gasteiger partial charge in [-0.05, 0) is 25.0 Å². The van der Waals surface area contributed by atoms with E-state index in [9.17, 15) is 9.59 Å². The van der Waals surface area contributed by atoms with Gasteiger partial charge in [-0.3, -0.25) is 19.2 Å². The number of hydrogen-bond donors (Lipinski definition) is 2. The molecule has 8 heteroatoms. The van der Waals surface area contributed by atoms with Crippen LogP contribution in [0.25, 0.3) is 0 Å². The van der Waals surface area contributed by atoms with Crippen LogP contribution < -0.4 is 17.0 Å². The van der Waals surface area contributed by atoms with Gasteiger partial charge in [0.05, 0.1) is 24.8 Å². The number of nitrogens with one attached hydrogen (secondary N) is 1. The molecule has 0 aromatic carbocycles. The molecule has 3 rings (SSSR count). The summed E-state index contributed by atoms with van der Waals surface area (Å²) in [6.07, 6.45) is 0. The van der Waals surface area contributed by atoms with E-state index in [-0.39, 0.29) is 17.8 Å². The van der Waals surface area contributed by atoms with Gasteiger partial charge >= 0.3 is 5.69 Å². The van der Waals surface area contributed by atoms with Gasteiger partial charge < -0.3 is 10.5 Å². The first kappa shape index (κ1) is 18.9. The van der Waals surface area contributed by atoms with Crippen LogP contribution in [0.4, 0.5) is 5.82 Å². The average molecular weight is 378 g/mol. The van der Waals surface area contributed by atoms with Crippen molar-refractivity contribution in [3.8, 4) is 0 Å². The van der Waals surface area contributed by atoms with Crippen molar-refractivity contribution in [2.45, 2.75) is 33.4 Å². The van der Waals surface area contributed by atoms with Crippen LogP contribution in [-0.2, 0) is 11.3 Å². The summed E-state index contributed by atoms with van der Waals surface area (Å²) in [6.45, 7) is 9.19. The molecule has 1 unspecified atom stereocenters. The molecular weight excluding hydrogens is 352 g/mol.